The molecule has 1 unspecified atom stereocenters. The molecule has 1 heterocycles. The maximum Gasteiger partial charge on any atom is 0.151 e. The molecule has 5 aliphatic rings. The first-order valence-corrected chi connectivity index (χ1v) is 9.81. The average Bonchev–Trinajstić information content (AvgIpc) is 2.48. The molecule has 4 saturated carbocycles. The van der Waals surface area contributed by atoms with Crippen molar-refractivity contribution in [1.82, 2.24) is 5.32 Å². The monoisotopic (exact) mass is 283 g/mol. The van der Waals surface area contributed by atoms with Crippen LogP contribution in [0.4, 0.5) is 0 Å². The van der Waals surface area contributed by atoms with Crippen LogP contribution in [0.25, 0.3) is 0 Å². The molecule has 1 saturated heterocycles. The molecule has 0 radical (unpaired) electrons. The predicted molar refractivity (Wildman–Crippen MR) is 75.7 cm³/mol. The Hall–Kier alpha value is -0.0900. The summed E-state index contributed by atoms with van der Waals surface area (Å²) in [5.41, 5.74) is 0.326. The molecule has 1 atom stereocenters. The van der Waals surface area contributed by atoms with E-state index in [4.69, 9.17) is 0 Å². The molecule has 5 rings (SSSR count). The molecule has 19 heavy (non-hydrogen) atoms. The predicted octanol–water partition coefficient (Wildman–Crippen LogP) is 1.98. The van der Waals surface area contributed by atoms with Gasteiger partial charge in [0.2, 0.25) is 0 Å². The van der Waals surface area contributed by atoms with Crippen molar-refractivity contribution in [2.75, 3.05) is 18.1 Å². The summed E-state index contributed by atoms with van der Waals surface area (Å²) in [6.07, 6.45) is 8.98. The van der Waals surface area contributed by atoms with Crippen molar-refractivity contribution in [1.29, 1.82) is 0 Å². The van der Waals surface area contributed by atoms with Crippen LogP contribution in [0.15, 0.2) is 0 Å². The second-order valence-electron chi connectivity index (χ2n) is 7.75. The van der Waals surface area contributed by atoms with Crippen LogP contribution in [0.1, 0.15) is 44.9 Å². The summed E-state index contributed by atoms with van der Waals surface area (Å²) in [5.74, 6) is 3.50. The lowest BCUT2D eigenvalue weighted by molar-refractivity contribution is -0.0693. The minimum atomic E-state index is -2.82. The van der Waals surface area contributed by atoms with Gasteiger partial charge in [-0.1, -0.05) is 0 Å². The van der Waals surface area contributed by atoms with E-state index in [0.717, 1.165) is 30.7 Å². The summed E-state index contributed by atoms with van der Waals surface area (Å²) in [7, 11) is -2.82. The lowest BCUT2D eigenvalue weighted by Crippen LogP contribution is -2.57. The molecule has 5 fully saturated rings. The van der Waals surface area contributed by atoms with Gasteiger partial charge in [0, 0.05) is 6.04 Å². The van der Waals surface area contributed by atoms with Gasteiger partial charge in [0.05, 0.1) is 11.5 Å². The third kappa shape index (κ3) is 2.15. The zero-order chi connectivity index (χ0) is 13.1. The number of hydrogen-bond donors (Lipinski definition) is 1. The van der Waals surface area contributed by atoms with Crippen LogP contribution in [0, 0.1) is 23.2 Å². The van der Waals surface area contributed by atoms with Gasteiger partial charge >= 0.3 is 0 Å². The van der Waals surface area contributed by atoms with Crippen molar-refractivity contribution < 1.29 is 8.42 Å². The van der Waals surface area contributed by atoms with Crippen LogP contribution in [-0.2, 0) is 9.84 Å². The lowest BCUT2D eigenvalue weighted by atomic mass is 9.48. The minimum Gasteiger partial charge on any atom is -0.312 e. The van der Waals surface area contributed by atoms with Crippen molar-refractivity contribution >= 4 is 9.84 Å². The standard InChI is InChI=1S/C15H25NO2S/c17-19(18)3-1-2-16-14(10-19)15-7-11-4-12(8-15)6-13(5-11)9-15/h11-14,16H,1-10H2. The summed E-state index contributed by atoms with van der Waals surface area (Å²) in [6.45, 7) is 0.894. The third-order valence-corrected chi connectivity index (χ3v) is 8.02. The first kappa shape index (κ1) is 12.6. The topological polar surface area (TPSA) is 46.2 Å². The molecule has 108 valence electrons. The fourth-order valence-electron chi connectivity index (χ4n) is 5.96. The molecule has 3 nitrogen and oxygen atoms in total. The second-order valence-corrected chi connectivity index (χ2v) is 9.98. The Morgan fingerprint density at radius 1 is 0.947 bits per heavy atom. The molecular formula is C15H25NO2S. The van der Waals surface area contributed by atoms with Gasteiger partial charge in [-0.3, -0.25) is 0 Å². The van der Waals surface area contributed by atoms with Gasteiger partial charge in [-0.05, 0) is 74.7 Å². The molecule has 1 aliphatic heterocycles. The Balaban J connectivity index is 1.63. The highest BCUT2D eigenvalue weighted by Crippen LogP contribution is 2.61. The van der Waals surface area contributed by atoms with E-state index >= 15 is 0 Å². The number of hydrogen-bond acceptors (Lipinski definition) is 3. The minimum absolute atomic E-state index is 0.244. The number of sulfone groups is 1. The quantitative estimate of drug-likeness (QED) is 0.800. The van der Waals surface area contributed by atoms with Crippen molar-refractivity contribution in [3.05, 3.63) is 0 Å². The third-order valence-electron chi connectivity index (χ3n) is 6.27. The van der Waals surface area contributed by atoms with Crippen molar-refractivity contribution in [2.45, 2.75) is 51.0 Å². The smallest absolute Gasteiger partial charge is 0.151 e. The van der Waals surface area contributed by atoms with Crippen molar-refractivity contribution in [3.8, 4) is 0 Å². The highest BCUT2D eigenvalue weighted by atomic mass is 32.2. The van der Waals surface area contributed by atoms with E-state index in [2.05, 4.69) is 5.32 Å². The van der Waals surface area contributed by atoms with Gasteiger partial charge in [-0.25, -0.2) is 8.42 Å². The van der Waals surface area contributed by atoms with E-state index in [-0.39, 0.29) is 6.04 Å². The van der Waals surface area contributed by atoms with Crippen LogP contribution in [0.2, 0.25) is 0 Å². The Morgan fingerprint density at radius 2 is 1.53 bits per heavy atom. The first-order chi connectivity index (χ1) is 9.05. The van der Waals surface area contributed by atoms with Crippen LogP contribution >= 0.6 is 0 Å². The Labute approximate surface area is 116 Å². The van der Waals surface area contributed by atoms with Gasteiger partial charge in [0.15, 0.2) is 9.84 Å². The number of nitrogens with one attached hydrogen (secondary N) is 1. The van der Waals surface area contributed by atoms with Crippen molar-refractivity contribution in [3.63, 3.8) is 0 Å². The molecule has 4 heteroatoms. The second kappa shape index (κ2) is 4.20. The van der Waals surface area contributed by atoms with Gasteiger partial charge in [0.25, 0.3) is 0 Å². The van der Waals surface area contributed by atoms with E-state index in [9.17, 15) is 8.42 Å². The zero-order valence-electron chi connectivity index (χ0n) is 11.6. The maximum atomic E-state index is 12.1. The van der Waals surface area contributed by atoms with Crippen LogP contribution in [0.3, 0.4) is 0 Å². The fraction of sp³-hybridized carbons (Fsp3) is 1.00. The SMILES string of the molecule is O=S1(=O)CCCNC(C23CC4CC(CC(C4)C2)C3)C1. The largest absolute Gasteiger partial charge is 0.312 e. The van der Waals surface area contributed by atoms with E-state index in [0.29, 0.717) is 16.9 Å². The maximum absolute atomic E-state index is 12.1. The van der Waals surface area contributed by atoms with E-state index in [1.165, 1.54) is 38.5 Å². The normalized spacial score (nSPS) is 52.0. The summed E-state index contributed by atoms with van der Waals surface area (Å²) in [5, 5.41) is 3.62. The van der Waals surface area contributed by atoms with Crippen molar-refractivity contribution in [2.24, 2.45) is 23.2 Å². The van der Waals surface area contributed by atoms with Crippen LogP contribution in [-0.4, -0.2) is 32.5 Å². The van der Waals surface area contributed by atoms with E-state index in [1.54, 1.807) is 0 Å². The molecule has 0 aromatic heterocycles. The molecule has 0 amide bonds. The van der Waals surface area contributed by atoms with Crippen LogP contribution in [0.5, 0.6) is 0 Å². The van der Waals surface area contributed by atoms with Gasteiger partial charge < -0.3 is 5.32 Å². The fourth-order valence-corrected chi connectivity index (χ4v) is 7.69. The van der Waals surface area contributed by atoms with Gasteiger partial charge in [-0.15, -0.1) is 0 Å². The molecule has 0 spiro atoms. The summed E-state index contributed by atoms with van der Waals surface area (Å²) < 4.78 is 24.3. The van der Waals surface area contributed by atoms with E-state index < -0.39 is 9.84 Å². The molecule has 4 bridgehead atoms. The van der Waals surface area contributed by atoms with Gasteiger partial charge in [0.1, 0.15) is 0 Å². The molecular weight excluding hydrogens is 258 g/mol. The summed E-state index contributed by atoms with van der Waals surface area (Å²) in [4.78, 5) is 0. The Kier molecular flexibility index (Phi) is 2.79. The van der Waals surface area contributed by atoms with E-state index in [1.807, 2.05) is 0 Å². The molecule has 0 aromatic rings. The summed E-state index contributed by atoms with van der Waals surface area (Å²) >= 11 is 0. The summed E-state index contributed by atoms with van der Waals surface area (Å²) in [6, 6.07) is 0.244. The zero-order valence-corrected chi connectivity index (χ0v) is 12.4. The Bertz CT molecular complexity index is 435. The molecule has 0 aromatic carbocycles. The number of rotatable bonds is 1. The van der Waals surface area contributed by atoms with Gasteiger partial charge in [-0.2, -0.15) is 0 Å². The van der Waals surface area contributed by atoms with Crippen LogP contribution < -0.4 is 5.32 Å². The molecule has 4 aliphatic carbocycles. The highest BCUT2D eigenvalue weighted by molar-refractivity contribution is 7.91. The molecule has 1 N–H and O–H groups in total. The first-order valence-electron chi connectivity index (χ1n) is 7.98. The average molecular weight is 283 g/mol. The highest BCUT2D eigenvalue weighted by Gasteiger charge is 2.54. The Morgan fingerprint density at radius 3 is 2.11 bits per heavy atom. The lowest BCUT2D eigenvalue weighted by Gasteiger charge is -2.59.